The fraction of sp³-hybridized carbons (Fsp3) is 0.105. The first-order valence-corrected chi connectivity index (χ1v) is 9.61. The number of thiophene rings is 2. The zero-order valence-electron chi connectivity index (χ0n) is 13.8. The van der Waals surface area contributed by atoms with Crippen molar-refractivity contribution < 1.29 is 9.90 Å². The highest BCUT2D eigenvalue weighted by Gasteiger charge is 2.21. The molecule has 3 heterocycles. The van der Waals surface area contributed by atoms with Gasteiger partial charge in [-0.1, -0.05) is 36.4 Å². The van der Waals surface area contributed by atoms with Crippen LogP contribution in [0.25, 0.3) is 32.0 Å². The quantitative estimate of drug-likeness (QED) is 0.573. The van der Waals surface area contributed by atoms with Crippen molar-refractivity contribution in [3.8, 4) is 21.8 Å². The highest BCUT2D eigenvalue weighted by atomic mass is 32.1. The largest absolute Gasteiger partial charge is 0.480 e. The molecule has 0 amide bonds. The summed E-state index contributed by atoms with van der Waals surface area (Å²) < 4.78 is 1.25. The van der Waals surface area contributed by atoms with Gasteiger partial charge in [-0.05, 0) is 18.4 Å². The third-order valence-electron chi connectivity index (χ3n) is 4.08. The van der Waals surface area contributed by atoms with Crippen LogP contribution >= 0.6 is 22.7 Å². The summed E-state index contributed by atoms with van der Waals surface area (Å²) in [6.45, 7) is 1.54. The molecule has 0 aliphatic rings. The van der Waals surface area contributed by atoms with E-state index >= 15 is 0 Å². The fourth-order valence-corrected chi connectivity index (χ4v) is 4.93. The Labute approximate surface area is 156 Å². The van der Waals surface area contributed by atoms with Gasteiger partial charge in [0, 0.05) is 20.9 Å². The number of aliphatic carboxylic acids is 1. The van der Waals surface area contributed by atoms with E-state index in [-0.39, 0.29) is 5.56 Å². The molecule has 1 aromatic carbocycles. The molecule has 0 saturated carbocycles. The molecule has 3 aromatic heterocycles. The van der Waals surface area contributed by atoms with Crippen LogP contribution in [0.4, 0.5) is 0 Å². The normalized spacial score (nSPS) is 11.1. The molecule has 5 nitrogen and oxygen atoms in total. The Bertz CT molecular complexity index is 1160. The van der Waals surface area contributed by atoms with Crippen LogP contribution in [0.3, 0.4) is 0 Å². The predicted octanol–water partition coefficient (Wildman–Crippen LogP) is 4.25. The van der Waals surface area contributed by atoms with Crippen LogP contribution in [0.5, 0.6) is 0 Å². The summed E-state index contributed by atoms with van der Waals surface area (Å²) in [6.07, 6.45) is 0. The number of carboxylic acid groups (broad SMARTS) is 1. The maximum atomic E-state index is 13.3. The molecule has 0 unspecified atom stereocenters. The average molecular weight is 382 g/mol. The molecule has 0 aliphatic heterocycles. The van der Waals surface area contributed by atoms with Gasteiger partial charge in [0.2, 0.25) is 0 Å². The molecule has 26 heavy (non-hydrogen) atoms. The van der Waals surface area contributed by atoms with Crippen LogP contribution in [0.15, 0.2) is 52.6 Å². The van der Waals surface area contributed by atoms with Crippen molar-refractivity contribution in [1.82, 2.24) is 9.55 Å². The Kier molecular flexibility index (Phi) is 4.18. The van der Waals surface area contributed by atoms with E-state index in [9.17, 15) is 14.7 Å². The standard InChI is InChI=1S/C19H14N2O3S2/c1-11-15(13-8-5-9-25-13)16-18(26-11)20-17(12-6-3-2-4-7-12)21(19(16)24)10-14(22)23/h2-9H,10H2,1H3,(H,22,23). The number of rotatable bonds is 4. The number of carboxylic acids is 1. The summed E-state index contributed by atoms with van der Waals surface area (Å²) >= 11 is 3.02. The average Bonchev–Trinajstić information content (AvgIpc) is 3.24. The smallest absolute Gasteiger partial charge is 0.323 e. The van der Waals surface area contributed by atoms with Crippen LogP contribution in [-0.4, -0.2) is 20.6 Å². The van der Waals surface area contributed by atoms with Gasteiger partial charge in [0.15, 0.2) is 0 Å². The van der Waals surface area contributed by atoms with Crippen molar-refractivity contribution in [2.24, 2.45) is 0 Å². The molecule has 0 saturated heterocycles. The summed E-state index contributed by atoms with van der Waals surface area (Å²) in [6, 6.07) is 13.1. The Morgan fingerprint density at radius 2 is 1.96 bits per heavy atom. The number of nitrogens with zero attached hydrogens (tertiary/aromatic N) is 2. The van der Waals surface area contributed by atoms with E-state index < -0.39 is 12.5 Å². The van der Waals surface area contributed by atoms with Gasteiger partial charge in [-0.2, -0.15) is 0 Å². The number of carbonyl (C=O) groups is 1. The van der Waals surface area contributed by atoms with E-state index in [2.05, 4.69) is 4.98 Å². The van der Waals surface area contributed by atoms with Crippen LogP contribution < -0.4 is 5.56 Å². The van der Waals surface area contributed by atoms with Crippen molar-refractivity contribution in [2.45, 2.75) is 13.5 Å². The lowest BCUT2D eigenvalue weighted by Crippen LogP contribution is -2.26. The maximum absolute atomic E-state index is 13.3. The van der Waals surface area contributed by atoms with Crippen molar-refractivity contribution in [2.75, 3.05) is 0 Å². The van der Waals surface area contributed by atoms with Gasteiger partial charge in [0.25, 0.3) is 5.56 Å². The molecule has 1 N–H and O–H groups in total. The van der Waals surface area contributed by atoms with Gasteiger partial charge in [0.05, 0.1) is 5.39 Å². The van der Waals surface area contributed by atoms with E-state index in [1.807, 2.05) is 54.8 Å². The number of aryl methyl sites for hydroxylation is 1. The minimum atomic E-state index is -1.07. The van der Waals surface area contributed by atoms with Crippen LogP contribution in [-0.2, 0) is 11.3 Å². The molecular weight excluding hydrogens is 368 g/mol. The van der Waals surface area contributed by atoms with Gasteiger partial charge in [-0.25, -0.2) is 4.98 Å². The Balaban J connectivity index is 2.09. The number of hydrogen-bond donors (Lipinski definition) is 1. The van der Waals surface area contributed by atoms with Crippen molar-refractivity contribution in [1.29, 1.82) is 0 Å². The summed E-state index contributed by atoms with van der Waals surface area (Å²) in [4.78, 5) is 31.9. The summed E-state index contributed by atoms with van der Waals surface area (Å²) in [7, 11) is 0. The molecule has 0 fully saturated rings. The SMILES string of the molecule is Cc1sc2nc(-c3ccccc3)n(CC(=O)O)c(=O)c2c1-c1cccs1. The molecule has 4 rings (SSSR count). The second-order valence-electron chi connectivity index (χ2n) is 5.78. The van der Waals surface area contributed by atoms with Gasteiger partial charge in [-0.3, -0.25) is 14.2 Å². The predicted molar refractivity (Wildman–Crippen MR) is 105 cm³/mol. The van der Waals surface area contributed by atoms with Crippen LogP contribution in [0, 0.1) is 6.92 Å². The molecule has 0 spiro atoms. The Hall–Kier alpha value is -2.77. The summed E-state index contributed by atoms with van der Waals surface area (Å²) in [5.74, 6) is -0.695. The number of fused-ring (bicyclic) bond motifs is 1. The minimum absolute atomic E-state index is 0.316. The van der Waals surface area contributed by atoms with Crippen molar-refractivity contribution in [3.05, 3.63) is 63.1 Å². The number of aromatic nitrogens is 2. The minimum Gasteiger partial charge on any atom is -0.480 e. The van der Waals surface area contributed by atoms with Gasteiger partial charge < -0.3 is 5.11 Å². The van der Waals surface area contributed by atoms with Gasteiger partial charge in [0.1, 0.15) is 17.2 Å². The second kappa shape index (κ2) is 6.51. The van der Waals surface area contributed by atoms with Crippen molar-refractivity contribution >= 4 is 38.9 Å². The number of benzene rings is 1. The molecule has 0 radical (unpaired) electrons. The topological polar surface area (TPSA) is 72.2 Å². The van der Waals surface area contributed by atoms with Crippen LogP contribution in [0.1, 0.15) is 4.88 Å². The first kappa shape index (κ1) is 16.7. The van der Waals surface area contributed by atoms with Gasteiger partial charge in [-0.15, -0.1) is 22.7 Å². The first-order chi connectivity index (χ1) is 12.6. The lowest BCUT2D eigenvalue weighted by atomic mass is 10.1. The molecule has 0 bridgehead atoms. The van der Waals surface area contributed by atoms with E-state index in [0.29, 0.717) is 16.0 Å². The number of hydrogen-bond acceptors (Lipinski definition) is 5. The molecule has 4 aromatic rings. The van der Waals surface area contributed by atoms with Crippen LogP contribution in [0.2, 0.25) is 0 Å². The molecule has 0 aliphatic carbocycles. The summed E-state index contributed by atoms with van der Waals surface area (Å²) in [5.41, 5.74) is 1.26. The first-order valence-electron chi connectivity index (χ1n) is 7.91. The lowest BCUT2D eigenvalue weighted by Gasteiger charge is -2.11. The second-order valence-corrected chi connectivity index (χ2v) is 7.93. The highest BCUT2D eigenvalue weighted by molar-refractivity contribution is 7.20. The maximum Gasteiger partial charge on any atom is 0.323 e. The van der Waals surface area contributed by atoms with E-state index in [4.69, 9.17) is 0 Å². The fourth-order valence-electron chi connectivity index (χ4n) is 3.00. The van der Waals surface area contributed by atoms with E-state index in [1.54, 1.807) is 11.3 Å². The van der Waals surface area contributed by atoms with E-state index in [1.165, 1.54) is 15.9 Å². The van der Waals surface area contributed by atoms with Gasteiger partial charge >= 0.3 is 5.97 Å². The Morgan fingerprint density at radius 3 is 2.62 bits per heavy atom. The molecule has 0 atom stereocenters. The third kappa shape index (κ3) is 2.75. The zero-order valence-corrected chi connectivity index (χ0v) is 15.4. The molecular formula is C19H14N2O3S2. The summed E-state index contributed by atoms with van der Waals surface area (Å²) in [5, 5.41) is 11.8. The lowest BCUT2D eigenvalue weighted by molar-refractivity contribution is -0.137. The van der Waals surface area contributed by atoms with E-state index in [0.717, 1.165) is 20.9 Å². The Morgan fingerprint density at radius 1 is 1.19 bits per heavy atom. The van der Waals surface area contributed by atoms with Crippen molar-refractivity contribution in [3.63, 3.8) is 0 Å². The third-order valence-corrected chi connectivity index (χ3v) is 5.97. The zero-order chi connectivity index (χ0) is 18.3. The highest BCUT2D eigenvalue weighted by Crippen LogP contribution is 2.38. The molecule has 7 heteroatoms. The molecule has 130 valence electrons. The monoisotopic (exact) mass is 382 g/mol.